The Balaban J connectivity index is 1.74. The quantitative estimate of drug-likeness (QED) is 0.492. The van der Waals surface area contributed by atoms with E-state index in [-0.39, 0.29) is 0 Å². The molecule has 2 aromatic carbocycles. The van der Waals surface area contributed by atoms with Gasteiger partial charge in [-0.05, 0) is 24.3 Å². The van der Waals surface area contributed by atoms with Crippen molar-refractivity contribution in [3.05, 3.63) is 59.2 Å². The van der Waals surface area contributed by atoms with Crippen molar-refractivity contribution in [1.82, 2.24) is 9.97 Å². The van der Waals surface area contributed by atoms with Crippen LogP contribution in [-0.4, -0.2) is 15.1 Å². The van der Waals surface area contributed by atoms with Crippen LogP contribution >= 0.6 is 12.6 Å². The van der Waals surface area contributed by atoms with Crippen molar-refractivity contribution in [3.8, 4) is 0 Å². The lowest BCUT2D eigenvalue weighted by molar-refractivity contribution is 0.733. The maximum Gasteiger partial charge on any atom is 0.276 e. The normalized spacial score (nSPS) is 15.4. The molecule has 1 aromatic heterocycles. The van der Waals surface area contributed by atoms with Gasteiger partial charge < -0.3 is 10.3 Å². The van der Waals surface area contributed by atoms with E-state index < -0.39 is 5.12 Å². The van der Waals surface area contributed by atoms with Crippen LogP contribution in [0.1, 0.15) is 0 Å². The number of rotatable bonds is 2. The average Bonchev–Trinajstić information content (AvgIpc) is 2.97. The summed E-state index contributed by atoms with van der Waals surface area (Å²) in [5.74, 6) is 0.599. The highest BCUT2D eigenvalue weighted by Crippen LogP contribution is 2.22. The Labute approximate surface area is 119 Å². The number of thiol groups is 1. The second kappa shape index (κ2) is 4.08. The molecule has 5 nitrogen and oxygen atoms in total. The number of aromatic nitrogens is 2. The first-order valence-corrected chi connectivity index (χ1v) is 6.67. The molecule has 0 radical (unpaired) electrons. The number of benzene rings is 2. The number of H-pyrrole nitrogens is 1. The Bertz CT molecular complexity index is 846. The second-order valence-corrected chi connectivity index (χ2v) is 5.20. The predicted octanol–water partition coefficient (Wildman–Crippen LogP) is 1.47. The molecule has 98 valence electrons. The van der Waals surface area contributed by atoms with Crippen LogP contribution in [0.25, 0.3) is 11.0 Å². The molecule has 0 aliphatic carbocycles. The third kappa shape index (κ3) is 1.85. The minimum absolute atomic E-state index is 0.599. The largest absolute Gasteiger partial charge is 0.324 e. The van der Waals surface area contributed by atoms with E-state index in [9.17, 15) is 0 Å². The number of anilines is 1. The average molecular weight is 281 g/mol. The Morgan fingerprint density at radius 3 is 2.30 bits per heavy atom. The van der Waals surface area contributed by atoms with Crippen LogP contribution in [0.3, 0.4) is 0 Å². The molecule has 0 fully saturated rings. The number of fused-ring (bicyclic) bond motifs is 2. The number of nitrogens with zero attached hydrogens (tertiary/aromatic N) is 3. The van der Waals surface area contributed by atoms with Crippen molar-refractivity contribution >= 4 is 29.6 Å². The number of aromatic amines is 1. The first kappa shape index (κ1) is 11.5. The SMILES string of the molecule is SC1(Nc2nc3ccccc3[nH]2)N=c2ccccc2=N1. The summed E-state index contributed by atoms with van der Waals surface area (Å²) in [6.07, 6.45) is 0. The van der Waals surface area contributed by atoms with E-state index in [0.717, 1.165) is 21.7 Å². The molecule has 2 heterocycles. The molecule has 0 spiro atoms. The van der Waals surface area contributed by atoms with Gasteiger partial charge in [0.1, 0.15) is 0 Å². The smallest absolute Gasteiger partial charge is 0.276 e. The van der Waals surface area contributed by atoms with E-state index in [1.807, 2.05) is 48.5 Å². The van der Waals surface area contributed by atoms with Gasteiger partial charge >= 0.3 is 0 Å². The molecule has 0 saturated carbocycles. The van der Waals surface area contributed by atoms with Gasteiger partial charge in [0.05, 0.1) is 21.7 Å². The van der Waals surface area contributed by atoms with Gasteiger partial charge in [0.15, 0.2) is 0 Å². The van der Waals surface area contributed by atoms with Crippen LogP contribution in [0, 0.1) is 0 Å². The fraction of sp³-hybridized carbons (Fsp3) is 0.0714. The summed E-state index contributed by atoms with van der Waals surface area (Å²) in [5, 5.41) is 3.75. The minimum atomic E-state index is -1.02. The lowest BCUT2D eigenvalue weighted by atomic mass is 10.3. The van der Waals surface area contributed by atoms with Crippen LogP contribution in [0.2, 0.25) is 0 Å². The van der Waals surface area contributed by atoms with Crippen LogP contribution in [0.4, 0.5) is 5.95 Å². The molecule has 3 aromatic rings. The molecular weight excluding hydrogens is 270 g/mol. The van der Waals surface area contributed by atoms with Crippen molar-refractivity contribution in [1.29, 1.82) is 0 Å². The number of hydrogen-bond donors (Lipinski definition) is 3. The summed E-state index contributed by atoms with van der Waals surface area (Å²) in [7, 11) is 0. The van der Waals surface area contributed by atoms with Crippen molar-refractivity contribution in [3.63, 3.8) is 0 Å². The zero-order valence-electron chi connectivity index (χ0n) is 10.4. The first-order valence-electron chi connectivity index (χ1n) is 6.22. The lowest BCUT2D eigenvalue weighted by Crippen LogP contribution is -2.27. The molecule has 1 aliphatic heterocycles. The molecule has 4 rings (SSSR count). The molecule has 1 aliphatic rings. The topological polar surface area (TPSA) is 65.4 Å². The number of nitrogens with one attached hydrogen (secondary N) is 2. The zero-order valence-corrected chi connectivity index (χ0v) is 11.3. The Morgan fingerprint density at radius 1 is 0.950 bits per heavy atom. The van der Waals surface area contributed by atoms with Crippen molar-refractivity contribution in [2.45, 2.75) is 5.12 Å². The summed E-state index contributed by atoms with van der Waals surface area (Å²) < 4.78 is 0. The third-order valence-corrected chi connectivity index (χ3v) is 3.42. The number of imidazole rings is 1. The van der Waals surface area contributed by atoms with E-state index in [2.05, 4.69) is 37.9 Å². The van der Waals surface area contributed by atoms with Crippen molar-refractivity contribution in [2.75, 3.05) is 5.32 Å². The minimum Gasteiger partial charge on any atom is -0.324 e. The Morgan fingerprint density at radius 2 is 1.60 bits per heavy atom. The Kier molecular flexibility index (Phi) is 2.34. The van der Waals surface area contributed by atoms with E-state index in [1.54, 1.807) is 0 Å². The first-order chi connectivity index (χ1) is 9.72. The second-order valence-electron chi connectivity index (χ2n) is 4.58. The monoisotopic (exact) mass is 281 g/mol. The van der Waals surface area contributed by atoms with Crippen molar-refractivity contribution < 1.29 is 0 Å². The molecule has 20 heavy (non-hydrogen) atoms. The summed E-state index contributed by atoms with van der Waals surface area (Å²) >= 11 is 4.51. The predicted molar refractivity (Wildman–Crippen MR) is 80.2 cm³/mol. The fourth-order valence-electron chi connectivity index (χ4n) is 2.24. The van der Waals surface area contributed by atoms with Crippen LogP contribution in [-0.2, 0) is 0 Å². The van der Waals surface area contributed by atoms with E-state index in [1.165, 1.54) is 0 Å². The van der Waals surface area contributed by atoms with Gasteiger partial charge in [0.25, 0.3) is 5.12 Å². The van der Waals surface area contributed by atoms with Gasteiger partial charge in [-0.2, -0.15) is 0 Å². The van der Waals surface area contributed by atoms with Gasteiger partial charge in [-0.1, -0.05) is 24.3 Å². The highest BCUT2D eigenvalue weighted by molar-refractivity contribution is 7.81. The molecular formula is C14H11N5S. The number of para-hydroxylation sites is 4. The van der Waals surface area contributed by atoms with Gasteiger partial charge in [-0.25, -0.2) is 15.0 Å². The summed E-state index contributed by atoms with van der Waals surface area (Å²) in [5.41, 5.74) is 1.85. The molecule has 0 atom stereocenters. The molecule has 0 bridgehead atoms. The van der Waals surface area contributed by atoms with Gasteiger partial charge in [-0.15, -0.1) is 12.6 Å². The van der Waals surface area contributed by atoms with Gasteiger partial charge in [0.2, 0.25) is 5.95 Å². The number of hydrogen-bond acceptors (Lipinski definition) is 5. The van der Waals surface area contributed by atoms with E-state index in [4.69, 9.17) is 0 Å². The lowest BCUT2D eigenvalue weighted by Gasteiger charge is -2.16. The molecule has 2 N–H and O–H groups in total. The molecule has 6 heteroatoms. The molecule has 0 saturated heterocycles. The molecule has 0 amide bonds. The highest BCUT2D eigenvalue weighted by Gasteiger charge is 2.27. The molecule has 0 unspecified atom stereocenters. The Hall–Kier alpha value is -2.34. The fourth-order valence-corrected chi connectivity index (χ4v) is 2.56. The van der Waals surface area contributed by atoms with E-state index in [0.29, 0.717) is 5.95 Å². The summed E-state index contributed by atoms with van der Waals surface area (Å²) in [6.45, 7) is 0. The maximum atomic E-state index is 4.51. The van der Waals surface area contributed by atoms with Gasteiger partial charge in [0, 0.05) is 0 Å². The standard InChI is InChI=1S/C14H11N5S/c20-14(17-11-7-3-4-8-12(11)18-14)19-13-15-9-5-1-2-6-10(9)16-13/h1-8,20H,(H2,15,16,19). The zero-order chi connectivity index (χ0) is 13.6. The highest BCUT2D eigenvalue weighted by atomic mass is 32.1. The van der Waals surface area contributed by atoms with Crippen molar-refractivity contribution in [2.24, 2.45) is 9.98 Å². The van der Waals surface area contributed by atoms with Gasteiger partial charge in [-0.3, -0.25) is 0 Å². The van der Waals surface area contributed by atoms with E-state index >= 15 is 0 Å². The summed E-state index contributed by atoms with van der Waals surface area (Å²) in [4.78, 5) is 16.6. The van der Waals surface area contributed by atoms with Crippen LogP contribution in [0.15, 0.2) is 58.5 Å². The third-order valence-electron chi connectivity index (χ3n) is 3.11. The van der Waals surface area contributed by atoms with Crippen LogP contribution in [0.5, 0.6) is 0 Å². The maximum absolute atomic E-state index is 4.51. The van der Waals surface area contributed by atoms with Crippen LogP contribution < -0.4 is 16.0 Å². The summed E-state index contributed by atoms with van der Waals surface area (Å²) in [6, 6.07) is 15.5.